The summed E-state index contributed by atoms with van der Waals surface area (Å²) in [6.07, 6.45) is 2.45. The van der Waals surface area contributed by atoms with Crippen molar-refractivity contribution >= 4 is 18.4 Å². The molecule has 0 aliphatic carbocycles. The van der Waals surface area contributed by atoms with E-state index < -0.39 is 0 Å². The van der Waals surface area contributed by atoms with Crippen LogP contribution in [0.1, 0.15) is 26.7 Å². The van der Waals surface area contributed by atoms with Crippen molar-refractivity contribution in [3.8, 4) is 0 Å². The van der Waals surface area contributed by atoms with Gasteiger partial charge in [-0.25, -0.2) is 4.79 Å². The first-order valence-electron chi connectivity index (χ1n) is 5.62. The van der Waals surface area contributed by atoms with Gasteiger partial charge >= 0.3 is 6.03 Å². The molecule has 16 heavy (non-hydrogen) atoms. The highest BCUT2D eigenvalue weighted by Gasteiger charge is 2.31. The third-order valence-electron chi connectivity index (χ3n) is 3.20. The Labute approximate surface area is 105 Å². The minimum absolute atomic E-state index is 0. The summed E-state index contributed by atoms with van der Waals surface area (Å²) in [7, 11) is 3.52. The van der Waals surface area contributed by atoms with Crippen LogP contribution in [-0.4, -0.2) is 44.2 Å². The first-order chi connectivity index (χ1) is 6.93. The van der Waals surface area contributed by atoms with E-state index in [0.717, 1.165) is 6.54 Å². The van der Waals surface area contributed by atoms with E-state index in [0.29, 0.717) is 12.6 Å². The van der Waals surface area contributed by atoms with Gasteiger partial charge in [0.25, 0.3) is 0 Å². The summed E-state index contributed by atoms with van der Waals surface area (Å²) in [5.74, 6) is 0. The molecular formula is C11H24ClN3O. The van der Waals surface area contributed by atoms with Crippen LogP contribution in [0.3, 0.4) is 0 Å². The number of carbonyl (C=O) groups excluding carboxylic acids is 1. The van der Waals surface area contributed by atoms with Crippen LogP contribution in [0.15, 0.2) is 0 Å². The second-order valence-corrected chi connectivity index (χ2v) is 5.18. The van der Waals surface area contributed by atoms with Crippen LogP contribution in [0.4, 0.5) is 4.79 Å². The zero-order chi connectivity index (χ0) is 11.5. The van der Waals surface area contributed by atoms with E-state index in [4.69, 9.17) is 0 Å². The number of nitrogens with zero attached hydrogens (tertiary/aromatic N) is 1. The molecule has 0 bridgehead atoms. The van der Waals surface area contributed by atoms with Gasteiger partial charge in [-0.1, -0.05) is 13.8 Å². The summed E-state index contributed by atoms with van der Waals surface area (Å²) in [5.41, 5.74) is 0.276. The number of hydrogen-bond acceptors (Lipinski definition) is 2. The highest BCUT2D eigenvalue weighted by molar-refractivity contribution is 5.85. The van der Waals surface area contributed by atoms with E-state index in [9.17, 15) is 4.79 Å². The molecule has 1 heterocycles. The standard InChI is InChI=1S/C11H23N3O.ClH/c1-11(2)6-5-7-12-9(11)8-13-10(15)14(3)4;/h9,12H,5-8H2,1-4H3,(H,13,15);1H. The van der Waals surface area contributed by atoms with E-state index in [1.54, 1.807) is 19.0 Å². The summed E-state index contributed by atoms with van der Waals surface area (Å²) < 4.78 is 0. The van der Waals surface area contributed by atoms with E-state index in [2.05, 4.69) is 24.5 Å². The summed E-state index contributed by atoms with van der Waals surface area (Å²) in [4.78, 5) is 12.9. The van der Waals surface area contributed by atoms with Crippen LogP contribution in [0.25, 0.3) is 0 Å². The van der Waals surface area contributed by atoms with Gasteiger partial charge in [-0.3, -0.25) is 0 Å². The number of halogens is 1. The molecule has 1 saturated heterocycles. The Balaban J connectivity index is 0.00000225. The first-order valence-corrected chi connectivity index (χ1v) is 5.62. The Kier molecular flexibility index (Phi) is 6.11. The second-order valence-electron chi connectivity index (χ2n) is 5.18. The van der Waals surface area contributed by atoms with Crippen molar-refractivity contribution in [1.82, 2.24) is 15.5 Å². The zero-order valence-corrected chi connectivity index (χ0v) is 11.5. The molecule has 1 fully saturated rings. The first kappa shape index (κ1) is 15.5. The molecule has 0 aromatic carbocycles. The number of nitrogens with one attached hydrogen (secondary N) is 2. The zero-order valence-electron chi connectivity index (χ0n) is 10.7. The number of hydrogen-bond donors (Lipinski definition) is 2. The Bertz CT molecular complexity index is 231. The van der Waals surface area contributed by atoms with Crippen LogP contribution < -0.4 is 10.6 Å². The van der Waals surface area contributed by atoms with Gasteiger partial charge in [-0.2, -0.15) is 0 Å². The quantitative estimate of drug-likeness (QED) is 0.778. The number of amides is 2. The molecule has 0 aromatic heterocycles. The lowest BCUT2D eigenvalue weighted by atomic mass is 9.77. The van der Waals surface area contributed by atoms with Crippen LogP contribution in [0.5, 0.6) is 0 Å². The average molecular weight is 250 g/mol. The maximum atomic E-state index is 11.4. The molecule has 0 radical (unpaired) electrons. The summed E-state index contributed by atoms with van der Waals surface area (Å²) in [5, 5.41) is 6.40. The molecule has 0 spiro atoms. The largest absolute Gasteiger partial charge is 0.336 e. The fourth-order valence-corrected chi connectivity index (χ4v) is 1.97. The van der Waals surface area contributed by atoms with Crippen molar-refractivity contribution < 1.29 is 4.79 Å². The number of carbonyl (C=O) groups is 1. The maximum Gasteiger partial charge on any atom is 0.316 e. The Morgan fingerprint density at radius 2 is 2.12 bits per heavy atom. The van der Waals surface area contributed by atoms with Gasteiger partial charge in [0, 0.05) is 26.7 Å². The second kappa shape index (κ2) is 6.30. The summed E-state index contributed by atoms with van der Waals surface area (Å²) in [6, 6.07) is 0.369. The molecule has 5 heteroatoms. The lowest BCUT2D eigenvalue weighted by Gasteiger charge is -2.39. The fraction of sp³-hybridized carbons (Fsp3) is 0.909. The average Bonchev–Trinajstić information content (AvgIpc) is 2.14. The van der Waals surface area contributed by atoms with Gasteiger partial charge in [-0.05, 0) is 24.8 Å². The Hall–Kier alpha value is -0.480. The fourth-order valence-electron chi connectivity index (χ4n) is 1.97. The van der Waals surface area contributed by atoms with Gasteiger partial charge < -0.3 is 15.5 Å². The van der Waals surface area contributed by atoms with Crippen LogP contribution in [0, 0.1) is 5.41 Å². The molecule has 1 atom stereocenters. The number of piperidine rings is 1. The highest BCUT2D eigenvalue weighted by Crippen LogP contribution is 2.29. The van der Waals surface area contributed by atoms with E-state index in [1.165, 1.54) is 12.8 Å². The minimum Gasteiger partial charge on any atom is -0.336 e. The van der Waals surface area contributed by atoms with Crippen molar-refractivity contribution in [1.29, 1.82) is 0 Å². The third kappa shape index (κ3) is 4.18. The van der Waals surface area contributed by atoms with Gasteiger partial charge in [-0.15, -0.1) is 12.4 Å². The molecule has 1 aliphatic rings. The predicted molar refractivity (Wildman–Crippen MR) is 69.1 cm³/mol. The van der Waals surface area contributed by atoms with E-state index in [1.807, 2.05) is 0 Å². The van der Waals surface area contributed by atoms with Gasteiger partial charge in [0.2, 0.25) is 0 Å². The predicted octanol–water partition coefficient (Wildman–Crippen LogP) is 1.46. The Morgan fingerprint density at radius 1 is 1.50 bits per heavy atom. The van der Waals surface area contributed by atoms with Crippen LogP contribution in [-0.2, 0) is 0 Å². The molecule has 2 amide bonds. The molecule has 96 valence electrons. The molecule has 2 N–H and O–H groups in total. The molecule has 0 aromatic rings. The van der Waals surface area contributed by atoms with Gasteiger partial charge in [0.05, 0.1) is 0 Å². The van der Waals surface area contributed by atoms with Crippen LogP contribution in [0.2, 0.25) is 0 Å². The maximum absolute atomic E-state index is 11.4. The third-order valence-corrected chi connectivity index (χ3v) is 3.20. The van der Waals surface area contributed by atoms with E-state index in [-0.39, 0.29) is 23.9 Å². The molecule has 1 aliphatic heterocycles. The molecular weight excluding hydrogens is 226 g/mol. The normalized spacial score (nSPS) is 23.1. The van der Waals surface area contributed by atoms with Crippen molar-refractivity contribution in [3.63, 3.8) is 0 Å². The summed E-state index contributed by atoms with van der Waals surface area (Å²) in [6.45, 7) is 6.28. The molecule has 4 nitrogen and oxygen atoms in total. The lowest BCUT2D eigenvalue weighted by molar-refractivity contribution is 0.171. The van der Waals surface area contributed by atoms with Crippen molar-refractivity contribution in [2.24, 2.45) is 5.41 Å². The van der Waals surface area contributed by atoms with E-state index >= 15 is 0 Å². The SMILES string of the molecule is CN(C)C(=O)NCC1NCCCC1(C)C.Cl. The monoisotopic (exact) mass is 249 g/mol. The number of rotatable bonds is 2. The van der Waals surface area contributed by atoms with Crippen molar-refractivity contribution in [2.75, 3.05) is 27.2 Å². The smallest absolute Gasteiger partial charge is 0.316 e. The molecule has 1 rings (SSSR count). The lowest BCUT2D eigenvalue weighted by Crippen LogP contribution is -2.53. The minimum atomic E-state index is -0.0156. The van der Waals surface area contributed by atoms with Crippen molar-refractivity contribution in [2.45, 2.75) is 32.7 Å². The van der Waals surface area contributed by atoms with Gasteiger partial charge in [0.15, 0.2) is 0 Å². The van der Waals surface area contributed by atoms with Gasteiger partial charge in [0.1, 0.15) is 0 Å². The van der Waals surface area contributed by atoms with Crippen molar-refractivity contribution in [3.05, 3.63) is 0 Å². The van der Waals surface area contributed by atoms with Crippen LogP contribution >= 0.6 is 12.4 Å². The number of urea groups is 1. The topological polar surface area (TPSA) is 44.4 Å². The highest BCUT2D eigenvalue weighted by atomic mass is 35.5. The summed E-state index contributed by atoms with van der Waals surface area (Å²) >= 11 is 0. The molecule has 0 saturated carbocycles. The Morgan fingerprint density at radius 3 is 2.62 bits per heavy atom. The molecule has 1 unspecified atom stereocenters.